The molecule has 0 aliphatic heterocycles. The van der Waals surface area contributed by atoms with Crippen LogP contribution >= 0.6 is 0 Å². The van der Waals surface area contributed by atoms with Gasteiger partial charge in [0, 0.05) is 6.92 Å². The van der Waals surface area contributed by atoms with E-state index in [1.54, 1.807) is 24.3 Å². The minimum absolute atomic E-state index is 0.238. The van der Waals surface area contributed by atoms with Gasteiger partial charge in [-0.2, -0.15) is 0 Å². The molecule has 0 radical (unpaired) electrons. The summed E-state index contributed by atoms with van der Waals surface area (Å²) in [6.45, 7) is 4.90. The summed E-state index contributed by atoms with van der Waals surface area (Å²) in [7, 11) is 1.28. The predicted octanol–water partition coefficient (Wildman–Crippen LogP) is 2.13. The smallest absolute Gasteiger partial charge is 0.341 e. The quantitative estimate of drug-likeness (QED) is 0.455. The van der Waals surface area contributed by atoms with Crippen LogP contribution in [-0.4, -0.2) is 19.0 Å². The molecule has 0 aliphatic rings. The zero-order chi connectivity index (χ0) is 12.8. The van der Waals surface area contributed by atoms with Crippen molar-refractivity contribution in [2.75, 3.05) is 7.11 Å². The van der Waals surface area contributed by atoms with Gasteiger partial charge >= 0.3 is 11.9 Å². The van der Waals surface area contributed by atoms with E-state index in [9.17, 15) is 9.59 Å². The molecule has 0 saturated carbocycles. The maximum Gasteiger partial charge on any atom is 0.341 e. The fraction of sp³-hybridized carbons (Fsp3) is 0.231. The highest BCUT2D eigenvalue weighted by Crippen LogP contribution is 2.25. The molecule has 90 valence electrons. The van der Waals surface area contributed by atoms with Crippen LogP contribution in [0.3, 0.4) is 0 Å². The highest BCUT2D eigenvalue weighted by atomic mass is 16.5. The first-order chi connectivity index (χ1) is 8.10. The molecule has 1 rings (SSSR count). The van der Waals surface area contributed by atoms with Gasteiger partial charge in [-0.25, -0.2) is 4.79 Å². The Balaban J connectivity index is 3.27. The summed E-state index contributed by atoms with van der Waals surface area (Å²) in [6.07, 6.45) is 2.18. The van der Waals surface area contributed by atoms with E-state index in [-0.39, 0.29) is 11.3 Å². The van der Waals surface area contributed by atoms with Crippen LogP contribution < -0.4 is 4.74 Å². The Morgan fingerprint density at radius 2 is 2.12 bits per heavy atom. The zero-order valence-electron chi connectivity index (χ0n) is 9.86. The number of carbonyl (C=O) groups excluding carboxylic acids is 2. The van der Waals surface area contributed by atoms with Gasteiger partial charge in [0.15, 0.2) is 0 Å². The van der Waals surface area contributed by atoms with E-state index in [2.05, 4.69) is 11.3 Å². The first-order valence-corrected chi connectivity index (χ1v) is 5.09. The molecule has 0 aliphatic carbocycles. The van der Waals surface area contributed by atoms with Gasteiger partial charge in [-0.15, -0.1) is 6.58 Å². The monoisotopic (exact) mass is 234 g/mol. The fourth-order valence-corrected chi connectivity index (χ4v) is 1.44. The third-order valence-corrected chi connectivity index (χ3v) is 2.11. The number of para-hydroxylation sites is 1. The Morgan fingerprint density at radius 3 is 2.65 bits per heavy atom. The maximum atomic E-state index is 11.5. The van der Waals surface area contributed by atoms with Crippen LogP contribution in [0.15, 0.2) is 30.9 Å². The molecule has 0 heterocycles. The van der Waals surface area contributed by atoms with Crippen molar-refractivity contribution in [3.05, 3.63) is 42.0 Å². The summed E-state index contributed by atoms with van der Waals surface area (Å²) in [5, 5.41) is 0. The Hall–Kier alpha value is -2.10. The van der Waals surface area contributed by atoms with Gasteiger partial charge in [0.25, 0.3) is 0 Å². The Labute approximate surface area is 99.8 Å². The van der Waals surface area contributed by atoms with Gasteiger partial charge in [-0.05, 0) is 18.1 Å². The van der Waals surface area contributed by atoms with Crippen molar-refractivity contribution >= 4 is 11.9 Å². The number of ether oxygens (including phenoxy) is 2. The number of allylic oxidation sites excluding steroid dienone is 1. The van der Waals surface area contributed by atoms with Gasteiger partial charge < -0.3 is 9.47 Å². The molecule has 0 aromatic heterocycles. The number of hydrogen-bond donors (Lipinski definition) is 0. The molecule has 1 aromatic rings. The Morgan fingerprint density at radius 1 is 1.41 bits per heavy atom. The molecule has 0 atom stereocenters. The molecule has 4 nitrogen and oxygen atoms in total. The van der Waals surface area contributed by atoms with Crippen LogP contribution in [0.25, 0.3) is 0 Å². The van der Waals surface area contributed by atoms with Crippen LogP contribution in [0.1, 0.15) is 22.8 Å². The zero-order valence-corrected chi connectivity index (χ0v) is 9.86. The minimum Gasteiger partial charge on any atom is -0.465 e. The van der Waals surface area contributed by atoms with E-state index in [4.69, 9.17) is 4.74 Å². The molecule has 0 spiro atoms. The summed E-state index contributed by atoms with van der Waals surface area (Å²) in [5.74, 6) is -0.773. The first kappa shape index (κ1) is 13.0. The summed E-state index contributed by atoms with van der Waals surface area (Å²) in [5.41, 5.74) is 0.958. The second-order valence-corrected chi connectivity index (χ2v) is 3.37. The van der Waals surface area contributed by atoms with E-state index < -0.39 is 11.9 Å². The topological polar surface area (TPSA) is 52.6 Å². The van der Waals surface area contributed by atoms with Crippen molar-refractivity contribution in [2.24, 2.45) is 0 Å². The second-order valence-electron chi connectivity index (χ2n) is 3.37. The van der Waals surface area contributed by atoms with Gasteiger partial charge in [0.05, 0.1) is 7.11 Å². The molecule has 0 N–H and O–H groups in total. The van der Waals surface area contributed by atoms with Crippen LogP contribution in [0, 0.1) is 0 Å². The van der Waals surface area contributed by atoms with Gasteiger partial charge in [0.2, 0.25) is 0 Å². The SMILES string of the molecule is C=CCc1cccc(C(=O)OC)c1OC(C)=O. The molecule has 0 amide bonds. The van der Waals surface area contributed by atoms with E-state index >= 15 is 0 Å². The predicted molar refractivity (Wildman–Crippen MR) is 63.0 cm³/mol. The minimum atomic E-state index is -0.535. The summed E-state index contributed by atoms with van der Waals surface area (Å²) >= 11 is 0. The van der Waals surface area contributed by atoms with Crippen molar-refractivity contribution in [3.63, 3.8) is 0 Å². The number of benzene rings is 1. The lowest BCUT2D eigenvalue weighted by atomic mass is 10.1. The molecule has 4 heteroatoms. The molecule has 0 bridgehead atoms. The molecular formula is C13H14O4. The lowest BCUT2D eigenvalue weighted by Crippen LogP contribution is -2.10. The molecule has 0 fully saturated rings. The fourth-order valence-electron chi connectivity index (χ4n) is 1.44. The third-order valence-electron chi connectivity index (χ3n) is 2.11. The van der Waals surface area contributed by atoms with Crippen molar-refractivity contribution in [2.45, 2.75) is 13.3 Å². The summed E-state index contributed by atoms with van der Waals surface area (Å²) in [6, 6.07) is 5.03. The number of carbonyl (C=O) groups is 2. The van der Waals surface area contributed by atoms with E-state index in [0.29, 0.717) is 6.42 Å². The number of hydrogen-bond acceptors (Lipinski definition) is 4. The normalized spacial score (nSPS) is 9.53. The largest absolute Gasteiger partial charge is 0.465 e. The van der Waals surface area contributed by atoms with Crippen molar-refractivity contribution < 1.29 is 19.1 Å². The van der Waals surface area contributed by atoms with Gasteiger partial charge in [0.1, 0.15) is 11.3 Å². The standard InChI is InChI=1S/C13H14O4/c1-4-6-10-7-5-8-11(13(15)16-3)12(10)17-9(2)14/h4-5,7-8H,1,6H2,2-3H3. The third kappa shape index (κ3) is 3.17. The first-order valence-electron chi connectivity index (χ1n) is 5.09. The second kappa shape index (κ2) is 5.84. The summed E-state index contributed by atoms with van der Waals surface area (Å²) in [4.78, 5) is 22.6. The molecule has 1 aromatic carbocycles. The van der Waals surface area contributed by atoms with Crippen LogP contribution in [-0.2, 0) is 16.0 Å². The van der Waals surface area contributed by atoms with Crippen LogP contribution in [0.4, 0.5) is 0 Å². The average molecular weight is 234 g/mol. The van der Waals surface area contributed by atoms with Crippen molar-refractivity contribution in [1.29, 1.82) is 0 Å². The Kier molecular flexibility index (Phi) is 4.46. The highest BCUT2D eigenvalue weighted by molar-refractivity contribution is 5.94. The number of methoxy groups -OCH3 is 1. The lowest BCUT2D eigenvalue weighted by molar-refractivity contribution is -0.131. The number of rotatable bonds is 4. The van der Waals surface area contributed by atoms with Gasteiger partial charge in [-0.1, -0.05) is 18.2 Å². The van der Waals surface area contributed by atoms with Crippen molar-refractivity contribution in [1.82, 2.24) is 0 Å². The molecule has 0 unspecified atom stereocenters. The van der Waals surface area contributed by atoms with Crippen molar-refractivity contribution in [3.8, 4) is 5.75 Å². The molecule has 17 heavy (non-hydrogen) atoms. The van der Waals surface area contributed by atoms with E-state index in [1.807, 2.05) is 0 Å². The lowest BCUT2D eigenvalue weighted by Gasteiger charge is -2.11. The Bertz CT molecular complexity index is 449. The van der Waals surface area contributed by atoms with E-state index in [0.717, 1.165) is 5.56 Å². The van der Waals surface area contributed by atoms with Crippen LogP contribution in [0.5, 0.6) is 5.75 Å². The summed E-state index contributed by atoms with van der Waals surface area (Å²) < 4.78 is 9.70. The highest BCUT2D eigenvalue weighted by Gasteiger charge is 2.17. The van der Waals surface area contributed by atoms with Crippen LogP contribution in [0.2, 0.25) is 0 Å². The van der Waals surface area contributed by atoms with Gasteiger partial charge in [-0.3, -0.25) is 4.79 Å². The molecular weight excluding hydrogens is 220 g/mol. The van der Waals surface area contributed by atoms with E-state index in [1.165, 1.54) is 14.0 Å². The molecule has 0 saturated heterocycles. The number of esters is 2. The average Bonchev–Trinajstić information content (AvgIpc) is 2.30. The maximum absolute atomic E-state index is 11.5.